The molecule has 2 aliphatic rings. The molecule has 1 aliphatic heterocycles. The second-order valence-electron chi connectivity index (χ2n) is 7.72. The van der Waals surface area contributed by atoms with Crippen molar-refractivity contribution in [3.05, 3.63) is 17.5 Å². The smallest absolute Gasteiger partial charge is 0.223 e. The summed E-state index contributed by atoms with van der Waals surface area (Å²) in [6.45, 7) is 6.00. The van der Waals surface area contributed by atoms with Gasteiger partial charge in [-0.15, -0.1) is 0 Å². The van der Waals surface area contributed by atoms with E-state index >= 15 is 0 Å². The SMILES string of the molecule is Cc1cc(CN2CCCC(CNC(=O)C3CCCCCC3)C2)n[nH]1. The largest absolute Gasteiger partial charge is 0.356 e. The van der Waals surface area contributed by atoms with Crippen LogP contribution in [0, 0.1) is 18.8 Å². The van der Waals surface area contributed by atoms with Gasteiger partial charge in [0.25, 0.3) is 0 Å². The Labute approximate surface area is 145 Å². The molecule has 1 aliphatic carbocycles. The molecule has 0 radical (unpaired) electrons. The Hall–Kier alpha value is -1.36. The van der Waals surface area contributed by atoms with Crippen LogP contribution in [0.2, 0.25) is 0 Å². The van der Waals surface area contributed by atoms with Gasteiger partial charge in [-0.25, -0.2) is 0 Å². The number of nitrogens with one attached hydrogen (secondary N) is 2. The quantitative estimate of drug-likeness (QED) is 0.815. The van der Waals surface area contributed by atoms with Gasteiger partial charge in [0.1, 0.15) is 0 Å². The summed E-state index contributed by atoms with van der Waals surface area (Å²) in [4.78, 5) is 14.9. The Balaban J connectivity index is 1.42. The van der Waals surface area contributed by atoms with Gasteiger partial charge in [0, 0.05) is 31.2 Å². The maximum atomic E-state index is 12.4. The van der Waals surface area contributed by atoms with E-state index in [-0.39, 0.29) is 5.92 Å². The normalized spacial score (nSPS) is 23.8. The molecule has 2 heterocycles. The van der Waals surface area contributed by atoms with Gasteiger partial charge in [-0.1, -0.05) is 25.7 Å². The van der Waals surface area contributed by atoms with Crippen LogP contribution >= 0.6 is 0 Å². The summed E-state index contributed by atoms with van der Waals surface area (Å²) < 4.78 is 0. The number of nitrogens with zero attached hydrogens (tertiary/aromatic N) is 2. The molecule has 24 heavy (non-hydrogen) atoms. The van der Waals surface area contributed by atoms with Crippen LogP contribution in [-0.2, 0) is 11.3 Å². The first kappa shape index (κ1) is 17.5. The van der Waals surface area contributed by atoms with Crippen molar-refractivity contribution in [2.24, 2.45) is 11.8 Å². The molecule has 1 saturated heterocycles. The fraction of sp³-hybridized carbons (Fsp3) is 0.789. The Kier molecular flexibility index (Phi) is 6.30. The summed E-state index contributed by atoms with van der Waals surface area (Å²) >= 11 is 0. The maximum Gasteiger partial charge on any atom is 0.223 e. The lowest BCUT2D eigenvalue weighted by molar-refractivity contribution is -0.125. The highest BCUT2D eigenvalue weighted by molar-refractivity contribution is 5.78. The summed E-state index contributed by atoms with van der Waals surface area (Å²) in [6, 6.07) is 2.12. The van der Waals surface area contributed by atoms with Crippen molar-refractivity contribution in [3.8, 4) is 0 Å². The van der Waals surface area contributed by atoms with Crippen LogP contribution in [0.15, 0.2) is 6.07 Å². The van der Waals surface area contributed by atoms with E-state index in [9.17, 15) is 4.79 Å². The number of amides is 1. The second-order valence-corrected chi connectivity index (χ2v) is 7.72. The highest BCUT2D eigenvalue weighted by Gasteiger charge is 2.24. The standard InChI is InChI=1S/C19H32N4O/c1-15-11-18(22-21-15)14-23-10-6-7-16(13-23)12-20-19(24)17-8-4-2-3-5-9-17/h11,16-17H,2-10,12-14H2,1H3,(H,20,24)(H,21,22). The first-order valence-corrected chi connectivity index (χ1v) is 9.71. The van der Waals surface area contributed by atoms with Gasteiger partial charge in [-0.2, -0.15) is 5.10 Å². The predicted octanol–water partition coefficient (Wildman–Crippen LogP) is 3.02. The third kappa shape index (κ3) is 5.07. The molecule has 5 nitrogen and oxygen atoms in total. The second kappa shape index (κ2) is 8.65. The third-order valence-electron chi connectivity index (χ3n) is 5.54. The fourth-order valence-corrected chi connectivity index (χ4v) is 4.18. The Morgan fingerprint density at radius 1 is 1.25 bits per heavy atom. The number of hydrogen-bond acceptors (Lipinski definition) is 3. The number of piperidine rings is 1. The molecule has 1 saturated carbocycles. The minimum absolute atomic E-state index is 0.263. The van der Waals surface area contributed by atoms with E-state index in [2.05, 4.69) is 26.5 Å². The molecule has 5 heteroatoms. The molecule has 0 aromatic carbocycles. The Morgan fingerprint density at radius 2 is 2.04 bits per heavy atom. The molecule has 2 fully saturated rings. The molecule has 1 aromatic rings. The van der Waals surface area contributed by atoms with E-state index in [1.807, 2.05) is 6.92 Å². The Morgan fingerprint density at radius 3 is 2.75 bits per heavy atom. The van der Waals surface area contributed by atoms with Crippen molar-refractivity contribution in [1.82, 2.24) is 20.4 Å². The van der Waals surface area contributed by atoms with Gasteiger partial charge in [0.05, 0.1) is 5.69 Å². The van der Waals surface area contributed by atoms with Crippen LogP contribution < -0.4 is 5.32 Å². The summed E-state index contributed by atoms with van der Waals surface area (Å²) in [5.41, 5.74) is 2.24. The molecule has 1 aromatic heterocycles. The maximum absolute atomic E-state index is 12.4. The van der Waals surface area contributed by atoms with Gasteiger partial charge in [-0.05, 0) is 51.1 Å². The summed E-state index contributed by atoms with van der Waals surface area (Å²) in [7, 11) is 0. The zero-order chi connectivity index (χ0) is 16.8. The van der Waals surface area contributed by atoms with Crippen LogP contribution in [-0.4, -0.2) is 40.6 Å². The molecular formula is C19H32N4O. The zero-order valence-corrected chi connectivity index (χ0v) is 15.0. The molecule has 2 N–H and O–H groups in total. The van der Waals surface area contributed by atoms with Gasteiger partial charge in [0.2, 0.25) is 5.91 Å². The number of aromatic nitrogens is 2. The van der Waals surface area contributed by atoms with Crippen LogP contribution in [0.4, 0.5) is 0 Å². The summed E-state index contributed by atoms with van der Waals surface area (Å²) in [6.07, 6.45) is 9.65. The van der Waals surface area contributed by atoms with Crippen LogP contribution in [0.5, 0.6) is 0 Å². The van der Waals surface area contributed by atoms with Crippen LogP contribution in [0.3, 0.4) is 0 Å². The number of likely N-dealkylation sites (tertiary alicyclic amines) is 1. The van der Waals surface area contributed by atoms with Gasteiger partial charge in [-0.3, -0.25) is 14.8 Å². The van der Waals surface area contributed by atoms with E-state index < -0.39 is 0 Å². The average Bonchev–Trinajstić information content (AvgIpc) is 2.84. The van der Waals surface area contributed by atoms with Gasteiger partial charge >= 0.3 is 0 Å². The first-order chi connectivity index (χ1) is 11.7. The molecule has 0 spiro atoms. The minimum Gasteiger partial charge on any atom is -0.356 e. The van der Waals surface area contributed by atoms with Crippen molar-refractivity contribution in [3.63, 3.8) is 0 Å². The number of carbonyl (C=O) groups is 1. The molecular weight excluding hydrogens is 300 g/mol. The van der Waals surface area contributed by atoms with E-state index in [0.29, 0.717) is 11.8 Å². The van der Waals surface area contributed by atoms with E-state index in [1.165, 1.54) is 38.5 Å². The number of hydrogen-bond donors (Lipinski definition) is 2. The minimum atomic E-state index is 0.263. The van der Waals surface area contributed by atoms with Crippen LogP contribution in [0.1, 0.15) is 62.8 Å². The number of aryl methyl sites for hydroxylation is 1. The molecule has 1 atom stereocenters. The lowest BCUT2D eigenvalue weighted by Crippen LogP contribution is -2.42. The van der Waals surface area contributed by atoms with Crippen molar-refractivity contribution < 1.29 is 4.79 Å². The van der Waals surface area contributed by atoms with Crippen molar-refractivity contribution >= 4 is 5.91 Å². The van der Waals surface area contributed by atoms with Crippen LogP contribution in [0.25, 0.3) is 0 Å². The first-order valence-electron chi connectivity index (χ1n) is 9.71. The fourth-order valence-electron chi connectivity index (χ4n) is 4.18. The van der Waals surface area contributed by atoms with Crippen molar-refractivity contribution in [2.45, 2.75) is 64.8 Å². The summed E-state index contributed by atoms with van der Waals surface area (Å²) in [5.74, 6) is 1.14. The van der Waals surface area contributed by atoms with E-state index in [4.69, 9.17) is 0 Å². The molecule has 134 valence electrons. The van der Waals surface area contributed by atoms with E-state index in [0.717, 1.165) is 50.4 Å². The highest BCUT2D eigenvalue weighted by Crippen LogP contribution is 2.23. The van der Waals surface area contributed by atoms with Crippen molar-refractivity contribution in [1.29, 1.82) is 0 Å². The van der Waals surface area contributed by atoms with Gasteiger partial charge in [0.15, 0.2) is 0 Å². The lowest BCUT2D eigenvalue weighted by Gasteiger charge is -2.32. The Bertz CT molecular complexity index is 519. The molecule has 1 amide bonds. The average molecular weight is 332 g/mol. The van der Waals surface area contributed by atoms with E-state index in [1.54, 1.807) is 0 Å². The molecule has 3 rings (SSSR count). The molecule has 1 unspecified atom stereocenters. The van der Waals surface area contributed by atoms with Crippen molar-refractivity contribution in [2.75, 3.05) is 19.6 Å². The number of carbonyl (C=O) groups excluding carboxylic acids is 1. The predicted molar refractivity (Wildman–Crippen MR) is 95.5 cm³/mol. The lowest BCUT2D eigenvalue weighted by atomic mass is 9.96. The van der Waals surface area contributed by atoms with Gasteiger partial charge < -0.3 is 5.32 Å². The topological polar surface area (TPSA) is 61.0 Å². The number of aromatic amines is 1. The zero-order valence-electron chi connectivity index (χ0n) is 15.0. The third-order valence-corrected chi connectivity index (χ3v) is 5.54. The number of rotatable bonds is 5. The highest BCUT2D eigenvalue weighted by atomic mass is 16.1. The molecule has 0 bridgehead atoms. The number of H-pyrrole nitrogens is 1. The summed E-state index contributed by atoms with van der Waals surface area (Å²) in [5, 5.41) is 10.6. The monoisotopic (exact) mass is 332 g/mol.